The van der Waals surface area contributed by atoms with Gasteiger partial charge in [0.15, 0.2) is 5.82 Å². The fourth-order valence-corrected chi connectivity index (χ4v) is 3.08. The standard InChI is InChI=1S/C25H32N4O3/c1-6-7-17(2)31-21-14-12-19(13-15-21)26-18-8-10-20(11-9-18)27-24(30)28-23-16-22(32-29-23)25(3,4)5/h8-17,26H,6-7H2,1-5H3,(H2,27,28,29,30). The van der Waals surface area contributed by atoms with Crippen molar-refractivity contribution >= 4 is 28.9 Å². The Morgan fingerprint density at radius 1 is 1.00 bits per heavy atom. The Morgan fingerprint density at radius 2 is 1.59 bits per heavy atom. The van der Waals surface area contributed by atoms with Crippen LogP contribution in [-0.2, 0) is 5.41 Å². The van der Waals surface area contributed by atoms with Gasteiger partial charge in [0.05, 0.1) is 6.10 Å². The number of aromatic nitrogens is 1. The first kappa shape index (κ1) is 23.2. The van der Waals surface area contributed by atoms with E-state index in [2.05, 4.69) is 35.0 Å². The Bertz CT molecular complexity index is 1000. The number of amides is 2. The molecular formula is C25H32N4O3. The van der Waals surface area contributed by atoms with Crippen molar-refractivity contribution in [2.45, 2.75) is 59.0 Å². The van der Waals surface area contributed by atoms with Crippen LogP contribution in [0.4, 0.5) is 27.7 Å². The van der Waals surface area contributed by atoms with E-state index in [-0.39, 0.29) is 17.6 Å². The van der Waals surface area contributed by atoms with Crippen molar-refractivity contribution in [3.63, 3.8) is 0 Å². The molecule has 2 aromatic carbocycles. The molecule has 3 rings (SSSR count). The van der Waals surface area contributed by atoms with Crippen molar-refractivity contribution in [1.82, 2.24) is 5.16 Å². The monoisotopic (exact) mass is 436 g/mol. The van der Waals surface area contributed by atoms with Gasteiger partial charge in [0.25, 0.3) is 0 Å². The first-order valence-electron chi connectivity index (χ1n) is 10.9. The fraction of sp³-hybridized carbons (Fsp3) is 0.360. The average molecular weight is 437 g/mol. The Labute approximate surface area is 189 Å². The largest absolute Gasteiger partial charge is 0.491 e. The van der Waals surface area contributed by atoms with Gasteiger partial charge >= 0.3 is 6.03 Å². The third-order valence-electron chi connectivity index (χ3n) is 4.81. The lowest BCUT2D eigenvalue weighted by Gasteiger charge is -2.14. The van der Waals surface area contributed by atoms with Crippen LogP contribution in [-0.4, -0.2) is 17.3 Å². The maximum atomic E-state index is 12.2. The van der Waals surface area contributed by atoms with Gasteiger partial charge in [-0.05, 0) is 61.9 Å². The molecular weight excluding hydrogens is 404 g/mol. The minimum Gasteiger partial charge on any atom is -0.491 e. The summed E-state index contributed by atoms with van der Waals surface area (Å²) in [6, 6.07) is 16.7. The van der Waals surface area contributed by atoms with Crippen LogP contribution in [0.25, 0.3) is 0 Å². The van der Waals surface area contributed by atoms with Gasteiger partial charge in [-0.2, -0.15) is 0 Å². The molecule has 3 aromatic rings. The second-order valence-corrected chi connectivity index (χ2v) is 8.85. The van der Waals surface area contributed by atoms with Gasteiger partial charge in [-0.15, -0.1) is 0 Å². The van der Waals surface area contributed by atoms with Crippen molar-refractivity contribution in [2.75, 3.05) is 16.0 Å². The average Bonchev–Trinajstić information content (AvgIpc) is 3.20. The second kappa shape index (κ2) is 10.2. The Kier molecular flexibility index (Phi) is 7.41. The zero-order valence-electron chi connectivity index (χ0n) is 19.4. The van der Waals surface area contributed by atoms with Crippen LogP contribution in [0.1, 0.15) is 53.2 Å². The number of nitrogens with one attached hydrogen (secondary N) is 3. The Morgan fingerprint density at radius 3 is 2.16 bits per heavy atom. The molecule has 1 heterocycles. The van der Waals surface area contributed by atoms with Crippen LogP contribution < -0.4 is 20.7 Å². The van der Waals surface area contributed by atoms with E-state index in [0.29, 0.717) is 17.3 Å². The lowest BCUT2D eigenvalue weighted by molar-refractivity contribution is 0.210. The van der Waals surface area contributed by atoms with E-state index in [1.807, 2.05) is 69.3 Å². The zero-order chi connectivity index (χ0) is 23.1. The van der Waals surface area contributed by atoms with Gasteiger partial charge in [0.2, 0.25) is 0 Å². The molecule has 0 saturated carbocycles. The first-order valence-corrected chi connectivity index (χ1v) is 10.9. The van der Waals surface area contributed by atoms with Gasteiger partial charge in [-0.25, -0.2) is 4.79 Å². The maximum absolute atomic E-state index is 12.2. The second-order valence-electron chi connectivity index (χ2n) is 8.85. The Balaban J connectivity index is 1.51. The number of anilines is 4. The van der Waals surface area contributed by atoms with E-state index in [9.17, 15) is 4.79 Å². The van der Waals surface area contributed by atoms with Crippen molar-refractivity contribution < 1.29 is 14.1 Å². The maximum Gasteiger partial charge on any atom is 0.324 e. The van der Waals surface area contributed by atoms with E-state index in [4.69, 9.17) is 9.26 Å². The summed E-state index contributed by atoms with van der Waals surface area (Å²) in [6.45, 7) is 10.3. The van der Waals surface area contributed by atoms with E-state index >= 15 is 0 Å². The normalized spacial score (nSPS) is 12.2. The van der Waals surface area contributed by atoms with Crippen molar-refractivity contribution in [2.24, 2.45) is 0 Å². The van der Waals surface area contributed by atoms with Gasteiger partial charge < -0.3 is 19.9 Å². The molecule has 0 aliphatic carbocycles. The highest BCUT2D eigenvalue weighted by molar-refractivity contribution is 5.99. The zero-order valence-corrected chi connectivity index (χ0v) is 19.4. The van der Waals surface area contributed by atoms with Crippen LogP contribution in [0, 0.1) is 0 Å². The van der Waals surface area contributed by atoms with Crippen molar-refractivity contribution in [3.8, 4) is 5.75 Å². The number of urea groups is 1. The van der Waals surface area contributed by atoms with E-state index in [1.54, 1.807) is 6.07 Å². The summed E-state index contributed by atoms with van der Waals surface area (Å²) in [4.78, 5) is 12.2. The van der Waals surface area contributed by atoms with E-state index < -0.39 is 0 Å². The SMILES string of the molecule is CCCC(C)Oc1ccc(Nc2ccc(NC(=O)Nc3cc(C(C)(C)C)on3)cc2)cc1. The molecule has 0 bridgehead atoms. The summed E-state index contributed by atoms with van der Waals surface area (Å²) < 4.78 is 11.2. The predicted molar refractivity (Wildman–Crippen MR) is 129 cm³/mol. The molecule has 7 nitrogen and oxygen atoms in total. The number of carbonyl (C=O) groups is 1. The summed E-state index contributed by atoms with van der Waals surface area (Å²) in [7, 11) is 0. The fourth-order valence-electron chi connectivity index (χ4n) is 3.08. The molecule has 0 spiro atoms. The van der Waals surface area contributed by atoms with Crippen LogP contribution in [0.3, 0.4) is 0 Å². The number of rotatable bonds is 8. The quantitative estimate of drug-likeness (QED) is 0.356. The summed E-state index contributed by atoms with van der Waals surface area (Å²) in [6.07, 6.45) is 2.35. The summed E-state index contributed by atoms with van der Waals surface area (Å²) in [5.41, 5.74) is 2.36. The van der Waals surface area contributed by atoms with Gasteiger partial charge in [0, 0.05) is 28.5 Å². The molecule has 3 N–H and O–H groups in total. The number of hydrogen-bond donors (Lipinski definition) is 3. The molecule has 170 valence electrons. The lowest BCUT2D eigenvalue weighted by Crippen LogP contribution is -2.19. The summed E-state index contributed by atoms with van der Waals surface area (Å²) in [5.74, 6) is 1.95. The van der Waals surface area contributed by atoms with Gasteiger partial charge in [-0.3, -0.25) is 5.32 Å². The highest BCUT2D eigenvalue weighted by atomic mass is 16.5. The molecule has 0 aliphatic rings. The van der Waals surface area contributed by atoms with Crippen LogP contribution >= 0.6 is 0 Å². The highest BCUT2D eigenvalue weighted by Crippen LogP contribution is 2.25. The smallest absolute Gasteiger partial charge is 0.324 e. The molecule has 7 heteroatoms. The molecule has 0 fully saturated rings. The minimum atomic E-state index is -0.382. The van der Waals surface area contributed by atoms with E-state index in [1.165, 1.54) is 0 Å². The molecule has 32 heavy (non-hydrogen) atoms. The first-order chi connectivity index (χ1) is 15.2. The van der Waals surface area contributed by atoms with Gasteiger partial charge in [0.1, 0.15) is 11.5 Å². The van der Waals surface area contributed by atoms with Crippen molar-refractivity contribution in [3.05, 3.63) is 60.4 Å². The number of carbonyl (C=O) groups excluding carboxylic acids is 1. The van der Waals surface area contributed by atoms with Crippen LogP contribution in [0.15, 0.2) is 59.1 Å². The lowest BCUT2D eigenvalue weighted by atomic mass is 9.93. The summed E-state index contributed by atoms with van der Waals surface area (Å²) in [5, 5.41) is 12.7. The molecule has 1 aromatic heterocycles. The molecule has 1 atom stereocenters. The minimum absolute atomic E-state index is 0.174. The summed E-state index contributed by atoms with van der Waals surface area (Å²) >= 11 is 0. The molecule has 1 unspecified atom stereocenters. The molecule has 0 radical (unpaired) electrons. The third-order valence-corrected chi connectivity index (χ3v) is 4.81. The topological polar surface area (TPSA) is 88.4 Å². The third kappa shape index (κ3) is 6.77. The van der Waals surface area contributed by atoms with Crippen molar-refractivity contribution in [1.29, 1.82) is 0 Å². The number of nitrogens with zero attached hydrogens (tertiary/aromatic N) is 1. The van der Waals surface area contributed by atoms with Crippen LogP contribution in [0.5, 0.6) is 5.75 Å². The number of benzene rings is 2. The van der Waals surface area contributed by atoms with Crippen LogP contribution in [0.2, 0.25) is 0 Å². The molecule has 0 aliphatic heterocycles. The predicted octanol–water partition coefficient (Wildman–Crippen LogP) is 6.93. The Hall–Kier alpha value is -3.48. The van der Waals surface area contributed by atoms with Gasteiger partial charge in [-0.1, -0.05) is 39.3 Å². The number of ether oxygens (including phenoxy) is 1. The molecule has 2 amide bonds. The number of hydrogen-bond acceptors (Lipinski definition) is 5. The van der Waals surface area contributed by atoms with E-state index in [0.717, 1.165) is 30.0 Å². The highest BCUT2D eigenvalue weighted by Gasteiger charge is 2.20. The molecule has 0 saturated heterocycles.